The van der Waals surface area contributed by atoms with E-state index in [0.29, 0.717) is 49.1 Å². The molecule has 8 heteroatoms. The zero-order chi connectivity index (χ0) is 22.0. The summed E-state index contributed by atoms with van der Waals surface area (Å²) in [5.41, 5.74) is 0.644. The molecule has 0 spiro atoms. The number of carbonyl (C=O) groups excluding carboxylic acids is 2. The van der Waals surface area contributed by atoms with E-state index in [2.05, 4.69) is 0 Å². The van der Waals surface area contributed by atoms with E-state index in [9.17, 15) is 14.4 Å². The molecular formula is C23H26N2O6. The van der Waals surface area contributed by atoms with E-state index in [4.69, 9.17) is 13.9 Å². The third kappa shape index (κ3) is 4.34. The Bertz CT molecular complexity index is 1040. The SMILES string of the molecule is COc1cccc(N2CCN(C(=O)c3c(C)cc(C4CCOCC4)oc3=O)CC2=O)c1. The molecule has 2 aromatic rings. The Labute approximate surface area is 180 Å². The Morgan fingerprint density at radius 3 is 2.58 bits per heavy atom. The molecule has 0 saturated carbocycles. The van der Waals surface area contributed by atoms with Crippen LogP contribution in [0, 0.1) is 6.92 Å². The van der Waals surface area contributed by atoms with Gasteiger partial charge in [-0.05, 0) is 43.5 Å². The number of anilines is 1. The predicted octanol–water partition coefficient (Wildman–Crippen LogP) is 2.34. The van der Waals surface area contributed by atoms with Crippen molar-refractivity contribution in [3.63, 3.8) is 0 Å². The lowest BCUT2D eigenvalue weighted by atomic mass is 9.95. The van der Waals surface area contributed by atoms with Gasteiger partial charge in [0, 0.05) is 44.0 Å². The molecule has 0 N–H and O–H groups in total. The molecule has 8 nitrogen and oxygen atoms in total. The highest BCUT2D eigenvalue weighted by atomic mass is 16.5. The van der Waals surface area contributed by atoms with Gasteiger partial charge in [-0.2, -0.15) is 0 Å². The molecule has 2 aliphatic rings. The topological polar surface area (TPSA) is 89.3 Å². The number of hydrogen-bond acceptors (Lipinski definition) is 6. The van der Waals surface area contributed by atoms with Gasteiger partial charge < -0.3 is 23.7 Å². The Kier molecular flexibility index (Phi) is 6.08. The molecule has 3 heterocycles. The van der Waals surface area contributed by atoms with Crippen molar-refractivity contribution in [2.24, 2.45) is 0 Å². The Morgan fingerprint density at radius 1 is 1.13 bits per heavy atom. The normalized spacial score (nSPS) is 17.7. The molecular weight excluding hydrogens is 400 g/mol. The minimum Gasteiger partial charge on any atom is -0.497 e. The maximum Gasteiger partial charge on any atom is 0.349 e. The van der Waals surface area contributed by atoms with E-state index < -0.39 is 11.5 Å². The quantitative estimate of drug-likeness (QED) is 0.746. The summed E-state index contributed by atoms with van der Waals surface area (Å²) in [6.07, 6.45) is 1.58. The third-order valence-corrected chi connectivity index (χ3v) is 5.88. The van der Waals surface area contributed by atoms with Crippen LogP contribution in [0.4, 0.5) is 5.69 Å². The number of piperazine rings is 1. The van der Waals surface area contributed by atoms with Gasteiger partial charge in [-0.15, -0.1) is 0 Å². The van der Waals surface area contributed by atoms with Gasteiger partial charge in [0.1, 0.15) is 23.6 Å². The van der Waals surface area contributed by atoms with Gasteiger partial charge in [-0.1, -0.05) is 6.07 Å². The number of aryl methyl sites for hydroxylation is 1. The van der Waals surface area contributed by atoms with Gasteiger partial charge in [0.25, 0.3) is 5.91 Å². The largest absolute Gasteiger partial charge is 0.497 e. The molecule has 0 aliphatic carbocycles. The van der Waals surface area contributed by atoms with Crippen molar-refractivity contribution in [1.82, 2.24) is 4.90 Å². The molecule has 2 fully saturated rings. The molecule has 0 unspecified atom stereocenters. The highest BCUT2D eigenvalue weighted by Crippen LogP contribution is 2.28. The number of rotatable bonds is 4. The summed E-state index contributed by atoms with van der Waals surface area (Å²) in [5.74, 6) is 0.692. The summed E-state index contributed by atoms with van der Waals surface area (Å²) in [6, 6.07) is 9.00. The van der Waals surface area contributed by atoms with Crippen molar-refractivity contribution in [2.75, 3.05) is 44.9 Å². The van der Waals surface area contributed by atoms with Gasteiger partial charge >= 0.3 is 5.63 Å². The van der Waals surface area contributed by atoms with Crippen LogP contribution in [0.25, 0.3) is 0 Å². The molecule has 0 atom stereocenters. The van der Waals surface area contributed by atoms with Crippen LogP contribution in [0.2, 0.25) is 0 Å². The van der Waals surface area contributed by atoms with Crippen LogP contribution in [0.1, 0.15) is 40.4 Å². The van der Waals surface area contributed by atoms with Gasteiger partial charge in [0.05, 0.1) is 7.11 Å². The number of amides is 2. The van der Waals surface area contributed by atoms with E-state index in [-0.39, 0.29) is 23.9 Å². The van der Waals surface area contributed by atoms with Crippen molar-refractivity contribution in [2.45, 2.75) is 25.7 Å². The second-order valence-electron chi connectivity index (χ2n) is 7.85. The monoisotopic (exact) mass is 426 g/mol. The molecule has 4 rings (SSSR count). The first-order valence-corrected chi connectivity index (χ1v) is 10.4. The highest BCUT2D eigenvalue weighted by Gasteiger charge is 2.31. The van der Waals surface area contributed by atoms with Crippen molar-refractivity contribution >= 4 is 17.5 Å². The number of methoxy groups -OCH3 is 1. The van der Waals surface area contributed by atoms with E-state index in [0.717, 1.165) is 12.8 Å². The summed E-state index contributed by atoms with van der Waals surface area (Å²) in [5, 5.41) is 0. The second-order valence-corrected chi connectivity index (χ2v) is 7.85. The van der Waals surface area contributed by atoms with E-state index in [1.165, 1.54) is 4.90 Å². The van der Waals surface area contributed by atoms with Crippen LogP contribution in [-0.4, -0.2) is 56.7 Å². The number of hydrogen-bond donors (Lipinski definition) is 0. The average molecular weight is 426 g/mol. The minimum absolute atomic E-state index is 0.00144. The lowest BCUT2D eigenvalue weighted by Crippen LogP contribution is -2.53. The number of carbonyl (C=O) groups is 2. The second kappa shape index (κ2) is 8.93. The number of benzene rings is 1. The van der Waals surface area contributed by atoms with Crippen molar-refractivity contribution in [3.8, 4) is 5.75 Å². The van der Waals surface area contributed by atoms with Crippen LogP contribution in [0.15, 0.2) is 39.5 Å². The Balaban J connectivity index is 1.50. The van der Waals surface area contributed by atoms with Crippen molar-refractivity contribution in [3.05, 3.63) is 57.6 Å². The van der Waals surface area contributed by atoms with Gasteiger partial charge in [0.15, 0.2) is 0 Å². The lowest BCUT2D eigenvalue weighted by Gasteiger charge is -2.34. The van der Waals surface area contributed by atoms with E-state index in [1.54, 1.807) is 37.1 Å². The Hall–Kier alpha value is -3.13. The highest BCUT2D eigenvalue weighted by molar-refractivity contribution is 6.02. The number of nitrogens with zero attached hydrogens (tertiary/aromatic N) is 2. The van der Waals surface area contributed by atoms with Crippen LogP contribution < -0.4 is 15.3 Å². The fraction of sp³-hybridized carbons (Fsp3) is 0.435. The molecule has 31 heavy (non-hydrogen) atoms. The molecule has 2 aliphatic heterocycles. The van der Waals surface area contributed by atoms with Crippen molar-refractivity contribution < 1.29 is 23.5 Å². The summed E-state index contributed by atoms with van der Waals surface area (Å²) in [6.45, 7) is 3.56. The van der Waals surface area contributed by atoms with Gasteiger partial charge in [-0.3, -0.25) is 9.59 Å². The summed E-state index contributed by atoms with van der Waals surface area (Å²) in [4.78, 5) is 41.5. The molecule has 1 aromatic heterocycles. The average Bonchev–Trinajstić information content (AvgIpc) is 2.79. The first-order valence-electron chi connectivity index (χ1n) is 10.4. The van der Waals surface area contributed by atoms with Crippen LogP contribution >= 0.6 is 0 Å². The summed E-state index contributed by atoms with van der Waals surface area (Å²) in [7, 11) is 1.57. The first-order chi connectivity index (χ1) is 15.0. The fourth-order valence-corrected chi connectivity index (χ4v) is 4.13. The molecule has 1 aromatic carbocycles. The molecule has 164 valence electrons. The molecule has 0 bridgehead atoms. The lowest BCUT2D eigenvalue weighted by molar-refractivity contribution is -0.120. The van der Waals surface area contributed by atoms with Crippen LogP contribution in [0.3, 0.4) is 0 Å². The maximum atomic E-state index is 13.1. The molecule has 2 amide bonds. The minimum atomic E-state index is -0.644. The fourth-order valence-electron chi connectivity index (χ4n) is 4.13. The summed E-state index contributed by atoms with van der Waals surface area (Å²) < 4.78 is 16.1. The van der Waals surface area contributed by atoms with Gasteiger partial charge in [0.2, 0.25) is 5.91 Å². The standard InChI is InChI=1S/C23H26N2O6/c1-15-12-19(16-6-10-30-11-7-16)31-23(28)21(15)22(27)24-8-9-25(20(26)14-24)17-4-3-5-18(13-17)29-2/h3-5,12-13,16H,6-11,14H2,1-2H3. The molecule has 2 saturated heterocycles. The smallest absolute Gasteiger partial charge is 0.349 e. The zero-order valence-corrected chi connectivity index (χ0v) is 17.8. The van der Waals surface area contributed by atoms with Crippen LogP contribution in [-0.2, 0) is 9.53 Å². The molecule has 0 radical (unpaired) electrons. The summed E-state index contributed by atoms with van der Waals surface area (Å²) >= 11 is 0. The predicted molar refractivity (Wildman–Crippen MR) is 114 cm³/mol. The van der Waals surface area contributed by atoms with E-state index in [1.807, 2.05) is 12.1 Å². The maximum absolute atomic E-state index is 13.1. The third-order valence-electron chi connectivity index (χ3n) is 5.88. The van der Waals surface area contributed by atoms with E-state index >= 15 is 0 Å². The first kappa shape index (κ1) is 21.1. The van der Waals surface area contributed by atoms with Crippen molar-refractivity contribution in [1.29, 1.82) is 0 Å². The van der Waals surface area contributed by atoms with Gasteiger partial charge in [-0.25, -0.2) is 4.79 Å². The number of ether oxygens (including phenoxy) is 2. The van der Waals surface area contributed by atoms with Crippen LogP contribution in [0.5, 0.6) is 5.75 Å². The Morgan fingerprint density at radius 2 is 1.90 bits per heavy atom. The zero-order valence-electron chi connectivity index (χ0n) is 17.8.